The van der Waals surface area contributed by atoms with Gasteiger partial charge in [0, 0.05) is 12.0 Å². The molecule has 16 heavy (non-hydrogen) atoms. The predicted molar refractivity (Wildman–Crippen MR) is 55.5 cm³/mol. The molecule has 4 nitrogen and oxygen atoms in total. The third-order valence-electron chi connectivity index (χ3n) is 2.99. The highest BCUT2D eigenvalue weighted by molar-refractivity contribution is 5.76. The Morgan fingerprint density at radius 1 is 1.19 bits per heavy atom. The summed E-state index contributed by atoms with van der Waals surface area (Å²) < 4.78 is 16.9. The molecule has 1 aromatic rings. The summed E-state index contributed by atoms with van der Waals surface area (Å²) in [6.07, 6.45) is 1.50. The Kier molecular flexibility index (Phi) is 2.19. The quantitative estimate of drug-likeness (QED) is 0.672. The molecule has 4 heteroatoms. The van der Waals surface area contributed by atoms with Gasteiger partial charge in [0.1, 0.15) is 12.0 Å². The van der Waals surface area contributed by atoms with Crippen molar-refractivity contribution >= 4 is 6.29 Å². The fourth-order valence-electron chi connectivity index (χ4n) is 2.23. The van der Waals surface area contributed by atoms with E-state index in [9.17, 15) is 4.79 Å². The van der Waals surface area contributed by atoms with Crippen molar-refractivity contribution in [1.29, 1.82) is 0 Å². The molecule has 0 amide bonds. The van der Waals surface area contributed by atoms with Gasteiger partial charge in [-0.25, -0.2) is 0 Å². The molecule has 2 aliphatic heterocycles. The van der Waals surface area contributed by atoms with Crippen molar-refractivity contribution in [2.24, 2.45) is 0 Å². The molecule has 2 heterocycles. The minimum atomic E-state index is -0.644. The number of carbonyl (C=O) groups excluding carboxylic acids is 1. The molecule has 0 atom stereocenters. The SMILES string of the molecule is O=Cc1ccc2c(c1)OCCC21OCCO1. The number of carbonyl (C=O) groups is 1. The van der Waals surface area contributed by atoms with E-state index >= 15 is 0 Å². The maximum absolute atomic E-state index is 10.7. The van der Waals surface area contributed by atoms with E-state index < -0.39 is 5.79 Å². The first-order chi connectivity index (χ1) is 7.84. The maximum Gasteiger partial charge on any atom is 0.201 e. The summed E-state index contributed by atoms with van der Waals surface area (Å²) in [5.74, 6) is 0.0485. The van der Waals surface area contributed by atoms with Crippen LogP contribution in [-0.4, -0.2) is 26.1 Å². The van der Waals surface area contributed by atoms with Crippen molar-refractivity contribution < 1.29 is 19.0 Å². The van der Waals surface area contributed by atoms with Crippen LogP contribution in [-0.2, 0) is 15.3 Å². The number of aldehydes is 1. The summed E-state index contributed by atoms with van der Waals surface area (Å²) in [4.78, 5) is 10.7. The molecule has 3 rings (SSSR count). The number of benzene rings is 1. The van der Waals surface area contributed by atoms with Crippen molar-refractivity contribution in [3.63, 3.8) is 0 Å². The fourth-order valence-corrected chi connectivity index (χ4v) is 2.23. The second-order valence-electron chi connectivity index (χ2n) is 3.92. The Morgan fingerprint density at radius 2 is 2.00 bits per heavy atom. The highest BCUT2D eigenvalue weighted by atomic mass is 16.7. The number of hydrogen-bond acceptors (Lipinski definition) is 4. The lowest BCUT2D eigenvalue weighted by Crippen LogP contribution is -2.33. The lowest BCUT2D eigenvalue weighted by Gasteiger charge is -2.33. The monoisotopic (exact) mass is 220 g/mol. The zero-order valence-corrected chi connectivity index (χ0v) is 8.77. The molecule has 1 aromatic carbocycles. The number of rotatable bonds is 1. The van der Waals surface area contributed by atoms with Gasteiger partial charge in [-0.05, 0) is 12.1 Å². The minimum Gasteiger partial charge on any atom is -0.493 e. The third kappa shape index (κ3) is 1.34. The predicted octanol–water partition coefficient (Wildman–Crippen LogP) is 1.48. The first-order valence-corrected chi connectivity index (χ1v) is 5.34. The summed E-state index contributed by atoms with van der Waals surface area (Å²) in [6, 6.07) is 5.34. The number of hydrogen-bond donors (Lipinski definition) is 0. The molecule has 1 saturated heterocycles. The average molecular weight is 220 g/mol. The van der Waals surface area contributed by atoms with E-state index in [0.29, 0.717) is 37.6 Å². The molecule has 1 spiro atoms. The standard InChI is InChI=1S/C12H12O4/c13-8-9-1-2-10-11(7-9)14-4-3-12(10)15-5-6-16-12/h1-2,7-8H,3-6H2. The normalized spacial score (nSPS) is 21.5. The van der Waals surface area contributed by atoms with E-state index in [0.717, 1.165) is 11.8 Å². The van der Waals surface area contributed by atoms with Crippen molar-refractivity contribution in [2.45, 2.75) is 12.2 Å². The summed E-state index contributed by atoms with van der Waals surface area (Å²) in [6.45, 7) is 1.76. The van der Waals surface area contributed by atoms with Crippen molar-refractivity contribution in [3.8, 4) is 5.75 Å². The van der Waals surface area contributed by atoms with Crippen molar-refractivity contribution in [3.05, 3.63) is 29.3 Å². The Morgan fingerprint density at radius 3 is 2.75 bits per heavy atom. The van der Waals surface area contributed by atoms with Gasteiger partial charge < -0.3 is 14.2 Å². The Labute approximate surface area is 93.1 Å². The highest BCUT2D eigenvalue weighted by Gasteiger charge is 2.43. The first-order valence-electron chi connectivity index (χ1n) is 5.34. The molecular formula is C12H12O4. The molecule has 1 fully saturated rings. The summed E-state index contributed by atoms with van der Waals surface area (Å²) >= 11 is 0. The van der Waals surface area contributed by atoms with E-state index in [1.165, 1.54) is 0 Å². The molecule has 0 unspecified atom stereocenters. The van der Waals surface area contributed by atoms with Gasteiger partial charge in [-0.2, -0.15) is 0 Å². The Balaban J connectivity index is 2.08. The molecule has 0 aliphatic carbocycles. The lowest BCUT2D eigenvalue weighted by atomic mass is 9.98. The second-order valence-corrected chi connectivity index (χ2v) is 3.92. The van der Waals surface area contributed by atoms with E-state index in [2.05, 4.69) is 0 Å². The van der Waals surface area contributed by atoms with Crippen LogP contribution in [0.1, 0.15) is 22.3 Å². The van der Waals surface area contributed by atoms with Crippen LogP contribution in [0.3, 0.4) is 0 Å². The molecule has 0 N–H and O–H groups in total. The van der Waals surface area contributed by atoms with Crippen LogP contribution in [0, 0.1) is 0 Å². The zero-order valence-electron chi connectivity index (χ0n) is 8.77. The van der Waals surface area contributed by atoms with Crippen molar-refractivity contribution in [2.75, 3.05) is 19.8 Å². The van der Waals surface area contributed by atoms with Crippen molar-refractivity contribution in [1.82, 2.24) is 0 Å². The molecule has 0 bridgehead atoms. The second kappa shape index (κ2) is 3.57. The molecule has 84 valence electrons. The van der Waals surface area contributed by atoms with Gasteiger partial charge in [-0.1, -0.05) is 6.07 Å². The van der Waals surface area contributed by atoms with Gasteiger partial charge >= 0.3 is 0 Å². The Bertz CT molecular complexity index is 421. The fraction of sp³-hybridized carbons (Fsp3) is 0.417. The van der Waals surface area contributed by atoms with Crippen LogP contribution in [0.5, 0.6) is 5.75 Å². The Hall–Kier alpha value is -1.39. The van der Waals surface area contributed by atoms with E-state index in [1.807, 2.05) is 6.07 Å². The molecule has 0 radical (unpaired) electrons. The summed E-state index contributed by atoms with van der Waals surface area (Å²) in [5, 5.41) is 0. The number of ether oxygens (including phenoxy) is 3. The third-order valence-corrected chi connectivity index (χ3v) is 2.99. The van der Waals surface area contributed by atoms with Gasteiger partial charge in [-0.3, -0.25) is 4.79 Å². The van der Waals surface area contributed by atoms with Gasteiger partial charge in [0.15, 0.2) is 0 Å². The number of fused-ring (bicyclic) bond motifs is 2. The molecule has 0 aromatic heterocycles. The van der Waals surface area contributed by atoms with E-state index in [1.54, 1.807) is 12.1 Å². The van der Waals surface area contributed by atoms with Crippen LogP contribution in [0.4, 0.5) is 0 Å². The van der Waals surface area contributed by atoms with E-state index in [4.69, 9.17) is 14.2 Å². The summed E-state index contributed by atoms with van der Waals surface area (Å²) in [5.41, 5.74) is 1.50. The van der Waals surface area contributed by atoms with Gasteiger partial charge in [-0.15, -0.1) is 0 Å². The lowest BCUT2D eigenvalue weighted by molar-refractivity contribution is -0.183. The van der Waals surface area contributed by atoms with Crippen LogP contribution >= 0.6 is 0 Å². The topological polar surface area (TPSA) is 44.8 Å². The maximum atomic E-state index is 10.7. The summed E-state index contributed by atoms with van der Waals surface area (Å²) in [7, 11) is 0. The van der Waals surface area contributed by atoms with Gasteiger partial charge in [0.25, 0.3) is 0 Å². The zero-order chi connectivity index (χ0) is 11.0. The van der Waals surface area contributed by atoms with Crippen LogP contribution in [0.2, 0.25) is 0 Å². The highest BCUT2D eigenvalue weighted by Crippen LogP contribution is 2.43. The molecular weight excluding hydrogens is 208 g/mol. The van der Waals surface area contributed by atoms with E-state index in [-0.39, 0.29) is 0 Å². The smallest absolute Gasteiger partial charge is 0.201 e. The largest absolute Gasteiger partial charge is 0.493 e. The average Bonchev–Trinajstić information content (AvgIpc) is 2.78. The van der Waals surface area contributed by atoms with Gasteiger partial charge in [0.2, 0.25) is 5.79 Å². The van der Waals surface area contributed by atoms with Crippen LogP contribution in [0.15, 0.2) is 18.2 Å². The molecule has 2 aliphatic rings. The van der Waals surface area contributed by atoms with Crippen LogP contribution < -0.4 is 4.74 Å². The van der Waals surface area contributed by atoms with Gasteiger partial charge in [0.05, 0.1) is 25.4 Å². The minimum absolute atomic E-state index is 0.551. The first kappa shape index (κ1) is 9.81. The molecule has 0 saturated carbocycles. The van der Waals surface area contributed by atoms with Crippen LogP contribution in [0.25, 0.3) is 0 Å².